The molecule has 0 saturated carbocycles. The van der Waals surface area contributed by atoms with Crippen molar-refractivity contribution in [3.63, 3.8) is 0 Å². The second kappa shape index (κ2) is 4.22. The molecule has 1 aromatic rings. The molecule has 3 nitrogen and oxygen atoms in total. The normalized spacial score (nSPS) is 24.6. The third-order valence-electron chi connectivity index (χ3n) is 3.75. The SMILES string of the molecule is CC1Cc2cc(N3CCN(C)CC3)ccc2O1. The van der Waals surface area contributed by atoms with E-state index in [0.717, 1.165) is 38.3 Å². The van der Waals surface area contributed by atoms with Gasteiger partial charge in [0.1, 0.15) is 11.9 Å². The second-order valence-electron chi connectivity index (χ2n) is 5.21. The van der Waals surface area contributed by atoms with Crippen LogP contribution in [0.15, 0.2) is 18.2 Å². The van der Waals surface area contributed by atoms with Gasteiger partial charge in [-0.05, 0) is 37.7 Å². The molecule has 3 rings (SSSR count). The van der Waals surface area contributed by atoms with Crippen molar-refractivity contribution < 1.29 is 4.74 Å². The number of hydrogen-bond donors (Lipinski definition) is 0. The summed E-state index contributed by atoms with van der Waals surface area (Å²) in [4.78, 5) is 4.86. The van der Waals surface area contributed by atoms with Gasteiger partial charge in [0.25, 0.3) is 0 Å². The minimum absolute atomic E-state index is 0.340. The molecule has 0 aromatic heterocycles. The molecule has 2 heterocycles. The van der Waals surface area contributed by atoms with Gasteiger partial charge in [-0.25, -0.2) is 0 Å². The number of rotatable bonds is 1. The van der Waals surface area contributed by atoms with E-state index in [2.05, 4.69) is 42.0 Å². The number of hydrogen-bond acceptors (Lipinski definition) is 3. The maximum atomic E-state index is 5.74. The van der Waals surface area contributed by atoms with E-state index in [0.29, 0.717) is 6.10 Å². The lowest BCUT2D eigenvalue weighted by Gasteiger charge is -2.34. The molecule has 3 heteroatoms. The predicted molar refractivity (Wildman–Crippen MR) is 69.9 cm³/mol. The first-order chi connectivity index (χ1) is 8.22. The maximum absolute atomic E-state index is 5.74. The van der Waals surface area contributed by atoms with Crippen molar-refractivity contribution in [3.8, 4) is 5.75 Å². The van der Waals surface area contributed by atoms with Gasteiger partial charge in [-0.3, -0.25) is 0 Å². The fraction of sp³-hybridized carbons (Fsp3) is 0.571. The summed E-state index contributed by atoms with van der Waals surface area (Å²) < 4.78 is 5.74. The summed E-state index contributed by atoms with van der Waals surface area (Å²) in [6.45, 7) is 6.71. The number of likely N-dealkylation sites (N-methyl/N-ethyl adjacent to an activating group) is 1. The van der Waals surface area contributed by atoms with Crippen molar-refractivity contribution in [1.29, 1.82) is 0 Å². The Morgan fingerprint density at radius 1 is 1.18 bits per heavy atom. The highest BCUT2D eigenvalue weighted by atomic mass is 16.5. The zero-order valence-corrected chi connectivity index (χ0v) is 10.6. The van der Waals surface area contributed by atoms with Crippen molar-refractivity contribution in [2.24, 2.45) is 0 Å². The van der Waals surface area contributed by atoms with Crippen molar-refractivity contribution in [3.05, 3.63) is 23.8 Å². The van der Waals surface area contributed by atoms with E-state index in [4.69, 9.17) is 4.74 Å². The molecule has 0 bridgehead atoms. The van der Waals surface area contributed by atoms with Crippen LogP contribution in [0.25, 0.3) is 0 Å². The third-order valence-corrected chi connectivity index (χ3v) is 3.75. The molecular formula is C14H20N2O. The molecule has 17 heavy (non-hydrogen) atoms. The summed E-state index contributed by atoms with van der Waals surface area (Å²) >= 11 is 0. The molecule has 2 aliphatic heterocycles. The zero-order chi connectivity index (χ0) is 11.8. The molecule has 1 unspecified atom stereocenters. The summed E-state index contributed by atoms with van der Waals surface area (Å²) in [5, 5.41) is 0. The lowest BCUT2D eigenvalue weighted by atomic mass is 10.1. The Morgan fingerprint density at radius 3 is 2.71 bits per heavy atom. The highest BCUT2D eigenvalue weighted by Crippen LogP contribution is 2.32. The average Bonchev–Trinajstić information content (AvgIpc) is 2.69. The Morgan fingerprint density at radius 2 is 1.94 bits per heavy atom. The summed E-state index contributed by atoms with van der Waals surface area (Å²) in [7, 11) is 2.19. The lowest BCUT2D eigenvalue weighted by molar-refractivity contribution is 0.254. The van der Waals surface area contributed by atoms with E-state index in [-0.39, 0.29) is 0 Å². The average molecular weight is 232 g/mol. The summed E-state index contributed by atoms with van der Waals surface area (Å²) in [5.74, 6) is 1.08. The van der Waals surface area contributed by atoms with Crippen LogP contribution in [0.4, 0.5) is 5.69 Å². The van der Waals surface area contributed by atoms with Gasteiger partial charge in [0.15, 0.2) is 0 Å². The van der Waals surface area contributed by atoms with Gasteiger partial charge in [-0.1, -0.05) is 0 Å². The van der Waals surface area contributed by atoms with Gasteiger partial charge in [0.2, 0.25) is 0 Å². The van der Waals surface area contributed by atoms with E-state index in [1.54, 1.807) is 0 Å². The number of nitrogens with zero attached hydrogens (tertiary/aromatic N) is 2. The Bertz CT molecular complexity index is 411. The van der Waals surface area contributed by atoms with Crippen molar-refractivity contribution in [2.75, 3.05) is 38.1 Å². The predicted octanol–water partition coefficient (Wildman–Crippen LogP) is 1.76. The van der Waals surface area contributed by atoms with Crippen LogP contribution in [0.2, 0.25) is 0 Å². The van der Waals surface area contributed by atoms with Crippen LogP contribution in [-0.4, -0.2) is 44.2 Å². The molecule has 1 atom stereocenters. The molecule has 1 saturated heterocycles. The molecule has 2 aliphatic rings. The Hall–Kier alpha value is -1.22. The van der Waals surface area contributed by atoms with Crippen LogP contribution in [0.3, 0.4) is 0 Å². The summed E-state index contributed by atoms with van der Waals surface area (Å²) in [6, 6.07) is 6.64. The van der Waals surface area contributed by atoms with E-state index in [9.17, 15) is 0 Å². The number of benzene rings is 1. The number of fused-ring (bicyclic) bond motifs is 1. The topological polar surface area (TPSA) is 15.7 Å². The quantitative estimate of drug-likeness (QED) is 0.734. The number of piperazine rings is 1. The first kappa shape index (κ1) is 10.9. The van der Waals surface area contributed by atoms with Gasteiger partial charge in [0.05, 0.1) is 0 Å². The third kappa shape index (κ3) is 2.12. The molecule has 92 valence electrons. The molecule has 0 aliphatic carbocycles. The van der Waals surface area contributed by atoms with Crippen molar-refractivity contribution >= 4 is 5.69 Å². The molecular weight excluding hydrogens is 212 g/mol. The fourth-order valence-electron chi connectivity index (χ4n) is 2.67. The Labute approximate surface area is 103 Å². The van der Waals surface area contributed by atoms with E-state index >= 15 is 0 Å². The van der Waals surface area contributed by atoms with Crippen LogP contribution in [0, 0.1) is 0 Å². The van der Waals surface area contributed by atoms with Gasteiger partial charge in [-0.2, -0.15) is 0 Å². The largest absolute Gasteiger partial charge is 0.490 e. The molecule has 1 fully saturated rings. The number of ether oxygens (including phenoxy) is 1. The van der Waals surface area contributed by atoms with E-state index in [1.807, 2.05) is 0 Å². The van der Waals surface area contributed by atoms with Gasteiger partial charge >= 0.3 is 0 Å². The maximum Gasteiger partial charge on any atom is 0.123 e. The Balaban J connectivity index is 1.78. The van der Waals surface area contributed by atoms with E-state index in [1.165, 1.54) is 11.3 Å². The smallest absolute Gasteiger partial charge is 0.123 e. The second-order valence-corrected chi connectivity index (χ2v) is 5.21. The first-order valence-corrected chi connectivity index (χ1v) is 6.45. The lowest BCUT2D eigenvalue weighted by Crippen LogP contribution is -2.44. The first-order valence-electron chi connectivity index (χ1n) is 6.45. The fourth-order valence-corrected chi connectivity index (χ4v) is 2.67. The van der Waals surface area contributed by atoms with Crippen molar-refractivity contribution in [1.82, 2.24) is 4.90 Å². The molecule has 0 amide bonds. The molecule has 0 spiro atoms. The molecule has 0 N–H and O–H groups in total. The summed E-state index contributed by atoms with van der Waals surface area (Å²) in [6.07, 6.45) is 1.39. The van der Waals surface area contributed by atoms with Crippen LogP contribution >= 0.6 is 0 Å². The Kier molecular flexibility index (Phi) is 2.71. The number of anilines is 1. The highest BCUT2D eigenvalue weighted by Gasteiger charge is 2.21. The van der Waals surface area contributed by atoms with Crippen molar-refractivity contribution in [2.45, 2.75) is 19.4 Å². The van der Waals surface area contributed by atoms with Gasteiger partial charge < -0.3 is 14.5 Å². The minimum atomic E-state index is 0.340. The molecule has 1 aromatic carbocycles. The van der Waals surface area contributed by atoms with Crippen LogP contribution in [0.1, 0.15) is 12.5 Å². The van der Waals surface area contributed by atoms with Crippen LogP contribution in [-0.2, 0) is 6.42 Å². The van der Waals surface area contributed by atoms with Crippen LogP contribution < -0.4 is 9.64 Å². The molecule has 0 radical (unpaired) electrons. The highest BCUT2D eigenvalue weighted by molar-refractivity contribution is 5.54. The standard InChI is InChI=1S/C14H20N2O/c1-11-9-12-10-13(3-4-14(12)17-11)16-7-5-15(2)6-8-16/h3-4,10-11H,5-9H2,1-2H3. The van der Waals surface area contributed by atoms with E-state index < -0.39 is 0 Å². The zero-order valence-electron chi connectivity index (χ0n) is 10.6. The summed E-state index contributed by atoms with van der Waals surface area (Å²) in [5.41, 5.74) is 2.73. The minimum Gasteiger partial charge on any atom is -0.490 e. The monoisotopic (exact) mass is 232 g/mol. The van der Waals surface area contributed by atoms with Gasteiger partial charge in [0, 0.05) is 38.3 Å². The van der Waals surface area contributed by atoms with Crippen LogP contribution in [0.5, 0.6) is 5.75 Å². The van der Waals surface area contributed by atoms with Gasteiger partial charge in [-0.15, -0.1) is 0 Å².